The van der Waals surface area contributed by atoms with Gasteiger partial charge in [0.1, 0.15) is 0 Å². The Labute approximate surface area is 138 Å². The van der Waals surface area contributed by atoms with Crippen LogP contribution in [-0.4, -0.2) is 51.4 Å². The van der Waals surface area contributed by atoms with Gasteiger partial charge in [0.25, 0.3) is 5.91 Å². The summed E-state index contributed by atoms with van der Waals surface area (Å²) in [5.74, 6) is -0.261. The van der Waals surface area contributed by atoms with Gasteiger partial charge in [0.2, 0.25) is 10.0 Å². The summed E-state index contributed by atoms with van der Waals surface area (Å²) < 4.78 is 26.8. The van der Waals surface area contributed by atoms with Crippen LogP contribution in [0.25, 0.3) is 0 Å². The van der Waals surface area contributed by atoms with Crippen LogP contribution in [0.15, 0.2) is 29.2 Å². The standard InChI is InChI=1S/C16H25N3O3S/c1-13(17-2)12-18-16(20)14-7-6-8-15(11-14)23(21,22)19-9-4-3-5-10-19/h6-8,11,13,17H,3-5,9-10,12H2,1-2H3,(H,18,20). The minimum absolute atomic E-state index is 0.152. The molecule has 1 aliphatic rings. The first kappa shape index (κ1) is 17.9. The van der Waals surface area contributed by atoms with Crippen LogP contribution in [0.4, 0.5) is 0 Å². The number of rotatable bonds is 6. The lowest BCUT2D eigenvalue weighted by molar-refractivity contribution is 0.0950. The maximum Gasteiger partial charge on any atom is 0.251 e. The Balaban J connectivity index is 2.14. The second-order valence-corrected chi connectivity index (χ2v) is 7.83. The Morgan fingerprint density at radius 2 is 1.96 bits per heavy atom. The van der Waals surface area contributed by atoms with E-state index in [2.05, 4.69) is 10.6 Å². The molecule has 1 heterocycles. The van der Waals surface area contributed by atoms with Crippen LogP contribution in [-0.2, 0) is 10.0 Å². The second kappa shape index (κ2) is 7.90. The molecule has 6 nitrogen and oxygen atoms in total. The van der Waals surface area contributed by atoms with Crippen LogP contribution >= 0.6 is 0 Å². The molecule has 1 atom stereocenters. The highest BCUT2D eigenvalue weighted by Crippen LogP contribution is 2.21. The van der Waals surface area contributed by atoms with E-state index in [9.17, 15) is 13.2 Å². The highest BCUT2D eigenvalue weighted by atomic mass is 32.2. The molecule has 2 N–H and O–H groups in total. The average Bonchev–Trinajstić information content (AvgIpc) is 2.60. The molecule has 0 aliphatic carbocycles. The summed E-state index contributed by atoms with van der Waals surface area (Å²) in [6.07, 6.45) is 2.85. The molecule has 0 bridgehead atoms. The molecule has 128 valence electrons. The number of piperidine rings is 1. The third-order valence-electron chi connectivity index (χ3n) is 4.11. The molecule has 7 heteroatoms. The maximum absolute atomic E-state index is 12.7. The molecular weight excluding hydrogens is 314 g/mol. The van der Waals surface area contributed by atoms with Crippen LogP contribution in [0, 0.1) is 0 Å². The van der Waals surface area contributed by atoms with Crippen LogP contribution in [0.3, 0.4) is 0 Å². The second-order valence-electron chi connectivity index (χ2n) is 5.89. The maximum atomic E-state index is 12.7. The number of nitrogens with one attached hydrogen (secondary N) is 2. The summed E-state index contributed by atoms with van der Waals surface area (Å²) in [6.45, 7) is 3.55. The first-order valence-electron chi connectivity index (χ1n) is 8.01. The van der Waals surface area contributed by atoms with Crippen molar-refractivity contribution in [2.24, 2.45) is 0 Å². The monoisotopic (exact) mass is 339 g/mol. The zero-order chi connectivity index (χ0) is 16.9. The Morgan fingerprint density at radius 3 is 2.61 bits per heavy atom. The van der Waals surface area contributed by atoms with Crippen LogP contribution in [0.5, 0.6) is 0 Å². The zero-order valence-electron chi connectivity index (χ0n) is 13.7. The summed E-state index contributed by atoms with van der Waals surface area (Å²) in [4.78, 5) is 12.4. The van der Waals surface area contributed by atoms with E-state index in [0.29, 0.717) is 25.2 Å². The fourth-order valence-corrected chi connectivity index (χ4v) is 4.07. The van der Waals surface area contributed by atoms with Crippen molar-refractivity contribution in [3.8, 4) is 0 Å². The third-order valence-corrected chi connectivity index (χ3v) is 6.01. The van der Waals surface area contributed by atoms with Crippen LogP contribution < -0.4 is 10.6 Å². The molecule has 1 unspecified atom stereocenters. The number of nitrogens with zero attached hydrogens (tertiary/aromatic N) is 1. The molecule has 0 spiro atoms. The Morgan fingerprint density at radius 1 is 1.26 bits per heavy atom. The predicted molar refractivity (Wildman–Crippen MR) is 89.9 cm³/mol. The number of carbonyl (C=O) groups excluding carboxylic acids is 1. The van der Waals surface area contributed by atoms with Gasteiger partial charge in [-0.2, -0.15) is 4.31 Å². The van der Waals surface area contributed by atoms with Crippen molar-refractivity contribution in [3.05, 3.63) is 29.8 Å². The minimum atomic E-state index is -3.51. The smallest absolute Gasteiger partial charge is 0.251 e. The van der Waals surface area contributed by atoms with Gasteiger partial charge in [-0.15, -0.1) is 0 Å². The highest BCUT2D eigenvalue weighted by molar-refractivity contribution is 7.89. The van der Waals surface area contributed by atoms with E-state index < -0.39 is 10.0 Å². The molecule has 1 fully saturated rings. The van der Waals surface area contributed by atoms with Crippen molar-refractivity contribution < 1.29 is 13.2 Å². The molecule has 23 heavy (non-hydrogen) atoms. The highest BCUT2D eigenvalue weighted by Gasteiger charge is 2.26. The van der Waals surface area contributed by atoms with Crippen LogP contribution in [0.2, 0.25) is 0 Å². The molecule has 1 amide bonds. The quantitative estimate of drug-likeness (QED) is 0.816. The number of likely N-dealkylation sites (N-methyl/N-ethyl adjacent to an activating group) is 1. The Hall–Kier alpha value is -1.44. The first-order valence-corrected chi connectivity index (χ1v) is 9.45. The van der Waals surface area contributed by atoms with E-state index in [-0.39, 0.29) is 16.8 Å². The number of sulfonamides is 1. The van der Waals surface area contributed by atoms with E-state index >= 15 is 0 Å². The van der Waals surface area contributed by atoms with E-state index in [4.69, 9.17) is 0 Å². The van der Waals surface area contributed by atoms with Gasteiger partial charge < -0.3 is 10.6 Å². The van der Waals surface area contributed by atoms with Gasteiger partial charge in [0, 0.05) is 31.2 Å². The molecule has 2 rings (SSSR count). The van der Waals surface area contributed by atoms with Gasteiger partial charge >= 0.3 is 0 Å². The van der Waals surface area contributed by atoms with E-state index in [1.54, 1.807) is 18.2 Å². The minimum Gasteiger partial charge on any atom is -0.350 e. The summed E-state index contributed by atoms with van der Waals surface area (Å²) in [5, 5.41) is 5.83. The molecule has 1 saturated heterocycles. The predicted octanol–water partition coefficient (Wildman–Crippen LogP) is 1.20. The zero-order valence-corrected chi connectivity index (χ0v) is 14.5. The molecule has 0 aromatic heterocycles. The molecule has 1 aromatic rings. The van der Waals surface area contributed by atoms with Crippen molar-refractivity contribution in [3.63, 3.8) is 0 Å². The number of hydrogen-bond acceptors (Lipinski definition) is 4. The van der Waals surface area contributed by atoms with E-state index in [1.807, 2.05) is 14.0 Å². The lowest BCUT2D eigenvalue weighted by atomic mass is 10.2. The van der Waals surface area contributed by atoms with Gasteiger partial charge in [-0.25, -0.2) is 8.42 Å². The fraction of sp³-hybridized carbons (Fsp3) is 0.562. The van der Waals surface area contributed by atoms with Gasteiger partial charge in [-0.05, 0) is 45.0 Å². The fourth-order valence-electron chi connectivity index (χ4n) is 2.50. The Kier molecular flexibility index (Phi) is 6.15. The van der Waals surface area contributed by atoms with Gasteiger partial charge in [0.05, 0.1) is 4.90 Å². The van der Waals surface area contributed by atoms with Gasteiger partial charge in [-0.1, -0.05) is 12.5 Å². The molecule has 0 radical (unpaired) electrons. The summed E-state index contributed by atoms with van der Waals surface area (Å²) in [7, 11) is -1.69. The normalized spacial score (nSPS) is 17.7. The number of hydrogen-bond donors (Lipinski definition) is 2. The summed E-state index contributed by atoms with van der Waals surface area (Å²) >= 11 is 0. The third kappa shape index (κ3) is 4.53. The van der Waals surface area contributed by atoms with E-state index in [1.165, 1.54) is 10.4 Å². The molecule has 1 aromatic carbocycles. The van der Waals surface area contributed by atoms with E-state index in [0.717, 1.165) is 19.3 Å². The molecule has 0 saturated carbocycles. The molecule has 1 aliphatic heterocycles. The van der Waals surface area contributed by atoms with Crippen molar-refractivity contribution in [1.29, 1.82) is 0 Å². The van der Waals surface area contributed by atoms with Crippen molar-refractivity contribution >= 4 is 15.9 Å². The SMILES string of the molecule is CNC(C)CNC(=O)c1cccc(S(=O)(=O)N2CCCCC2)c1. The first-order chi connectivity index (χ1) is 10.9. The van der Waals surface area contributed by atoms with Crippen molar-refractivity contribution in [2.75, 3.05) is 26.7 Å². The number of benzene rings is 1. The topological polar surface area (TPSA) is 78.5 Å². The lowest BCUT2D eigenvalue weighted by Crippen LogP contribution is -2.37. The summed E-state index contributed by atoms with van der Waals surface area (Å²) in [6, 6.07) is 6.42. The summed E-state index contributed by atoms with van der Waals surface area (Å²) in [5.41, 5.74) is 0.367. The van der Waals surface area contributed by atoms with Gasteiger partial charge in [-0.3, -0.25) is 4.79 Å². The van der Waals surface area contributed by atoms with Gasteiger partial charge in [0.15, 0.2) is 0 Å². The largest absolute Gasteiger partial charge is 0.350 e. The van der Waals surface area contributed by atoms with Crippen LogP contribution in [0.1, 0.15) is 36.5 Å². The Bertz CT molecular complexity index is 640. The van der Waals surface area contributed by atoms with Crippen molar-refractivity contribution in [1.82, 2.24) is 14.9 Å². The number of amides is 1. The average molecular weight is 339 g/mol. The van der Waals surface area contributed by atoms with Crippen molar-refractivity contribution in [2.45, 2.75) is 37.1 Å². The lowest BCUT2D eigenvalue weighted by Gasteiger charge is -2.26. The molecular formula is C16H25N3O3S. The number of carbonyl (C=O) groups is 1.